The molecule has 0 heterocycles. The van der Waals surface area contributed by atoms with Gasteiger partial charge in [0, 0.05) is 19.6 Å². The lowest BCUT2D eigenvalue weighted by atomic mass is 10.2. The van der Waals surface area contributed by atoms with Gasteiger partial charge < -0.3 is 5.73 Å². The van der Waals surface area contributed by atoms with Gasteiger partial charge in [0.25, 0.3) is 0 Å². The summed E-state index contributed by atoms with van der Waals surface area (Å²) in [6.07, 6.45) is 5.55. The van der Waals surface area contributed by atoms with Gasteiger partial charge in [0.1, 0.15) is 0 Å². The van der Waals surface area contributed by atoms with Gasteiger partial charge in [0.05, 0.1) is 0 Å². The second-order valence-corrected chi connectivity index (χ2v) is 3.90. The first-order valence-corrected chi connectivity index (χ1v) is 6.00. The molecule has 0 unspecified atom stereocenters. The summed E-state index contributed by atoms with van der Waals surface area (Å²) in [4.78, 5) is 2.37. The molecule has 0 bridgehead atoms. The van der Waals surface area contributed by atoms with Crippen LogP contribution in [0.2, 0.25) is 0 Å². The van der Waals surface area contributed by atoms with Gasteiger partial charge in [-0.05, 0) is 18.5 Å². The number of hydrogen-bond donors (Lipinski definition) is 1. The van der Waals surface area contributed by atoms with E-state index < -0.39 is 0 Å². The van der Waals surface area contributed by atoms with Crippen molar-refractivity contribution >= 4 is 6.08 Å². The lowest BCUT2D eigenvalue weighted by Gasteiger charge is -2.18. The first-order chi connectivity index (χ1) is 7.86. The summed E-state index contributed by atoms with van der Waals surface area (Å²) in [7, 11) is 0. The van der Waals surface area contributed by atoms with Crippen molar-refractivity contribution in [1.82, 2.24) is 4.90 Å². The van der Waals surface area contributed by atoms with Gasteiger partial charge in [0.15, 0.2) is 0 Å². The highest BCUT2D eigenvalue weighted by atomic mass is 15.1. The van der Waals surface area contributed by atoms with E-state index in [9.17, 15) is 0 Å². The molecule has 1 rings (SSSR count). The van der Waals surface area contributed by atoms with Crippen molar-refractivity contribution in [2.24, 2.45) is 5.73 Å². The zero-order chi connectivity index (χ0) is 11.6. The first kappa shape index (κ1) is 12.9. The van der Waals surface area contributed by atoms with Crippen molar-refractivity contribution in [3.63, 3.8) is 0 Å². The Morgan fingerprint density at radius 2 is 1.94 bits per heavy atom. The highest BCUT2D eigenvalue weighted by molar-refractivity contribution is 5.48. The van der Waals surface area contributed by atoms with Gasteiger partial charge in [-0.15, -0.1) is 0 Å². The maximum atomic E-state index is 5.58. The molecule has 0 amide bonds. The molecule has 2 heteroatoms. The second-order valence-electron chi connectivity index (χ2n) is 3.90. The number of nitrogens with two attached hydrogens (primary N) is 1. The van der Waals surface area contributed by atoms with Gasteiger partial charge in [-0.25, -0.2) is 0 Å². The third kappa shape index (κ3) is 5.10. The number of rotatable bonds is 7. The van der Waals surface area contributed by atoms with Gasteiger partial charge in [-0.2, -0.15) is 0 Å². The lowest BCUT2D eigenvalue weighted by Crippen LogP contribution is -2.30. The molecule has 0 aliphatic heterocycles. The zero-order valence-electron chi connectivity index (χ0n) is 10.1. The summed E-state index contributed by atoms with van der Waals surface area (Å²) in [5.74, 6) is 0. The fraction of sp³-hybridized carbons (Fsp3) is 0.429. The SMILES string of the molecule is CCCN(CC=Cc1ccccc1)CCN. The Bertz CT molecular complexity index is 287. The fourth-order valence-electron chi connectivity index (χ4n) is 1.70. The molecule has 0 saturated heterocycles. The van der Waals surface area contributed by atoms with Crippen molar-refractivity contribution in [3.05, 3.63) is 42.0 Å². The van der Waals surface area contributed by atoms with Gasteiger partial charge >= 0.3 is 0 Å². The maximum Gasteiger partial charge on any atom is 0.0167 e. The summed E-state index contributed by atoms with van der Waals surface area (Å²) in [5, 5.41) is 0. The van der Waals surface area contributed by atoms with Crippen LogP contribution >= 0.6 is 0 Å². The van der Waals surface area contributed by atoms with E-state index in [2.05, 4.69) is 48.2 Å². The van der Waals surface area contributed by atoms with E-state index in [1.807, 2.05) is 6.07 Å². The fourth-order valence-corrected chi connectivity index (χ4v) is 1.70. The molecule has 0 aliphatic rings. The largest absolute Gasteiger partial charge is 0.329 e. The van der Waals surface area contributed by atoms with E-state index in [1.54, 1.807) is 0 Å². The second kappa shape index (κ2) is 8.08. The highest BCUT2D eigenvalue weighted by Gasteiger charge is 1.98. The Balaban J connectivity index is 2.39. The Labute approximate surface area is 98.8 Å². The lowest BCUT2D eigenvalue weighted by molar-refractivity contribution is 0.312. The van der Waals surface area contributed by atoms with Crippen LogP contribution in [0.5, 0.6) is 0 Å². The molecular formula is C14H22N2. The predicted molar refractivity (Wildman–Crippen MR) is 71.3 cm³/mol. The molecule has 2 nitrogen and oxygen atoms in total. The van der Waals surface area contributed by atoms with E-state index in [4.69, 9.17) is 5.73 Å². The van der Waals surface area contributed by atoms with Crippen molar-refractivity contribution in [2.75, 3.05) is 26.2 Å². The number of nitrogens with zero attached hydrogens (tertiary/aromatic N) is 1. The molecule has 0 fully saturated rings. The van der Waals surface area contributed by atoms with Crippen LogP contribution < -0.4 is 5.73 Å². The van der Waals surface area contributed by atoms with Gasteiger partial charge in [-0.1, -0.05) is 49.4 Å². The van der Waals surface area contributed by atoms with E-state index in [0.717, 1.165) is 26.2 Å². The Kier molecular flexibility index (Phi) is 6.54. The summed E-state index contributed by atoms with van der Waals surface area (Å²) in [6.45, 7) is 6.02. The molecule has 0 saturated carbocycles. The topological polar surface area (TPSA) is 29.3 Å². The summed E-state index contributed by atoms with van der Waals surface area (Å²) in [5.41, 5.74) is 6.83. The van der Waals surface area contributed by atoms with Crippen LogP contribution in [-0.4, -0.2) is 31.1 Å². The molecule has 1 aromatic rings. The smallest absolute Gasteiger partial charge is 0.0167 e. The van der Waals surface area contributed by atoms with Crippen LogP contribution in [0.3, 0.4) is 0 Å². The molecular weight excluding hydrogens is 196 g/mol. The van der Waals surface area contributed by atoms with E-state index in [-0.39, 0.29) is 0 Å². The molecule has 16 heavy (non-hydrogen) atoms. The van der Waals surface area contributed by atoms with Crippen LogP contribution in [0.25, 0.3) is 6.08 Å². The standard InChI is InChI=1S/C14H22N2/c1-2-11-16(13-10-15)12-6-9-14-7-4-3-5-8-14/h3-9H,2,10-13,15H2,1H3. The molecule has 1 aromatic carbocycles. The molecule has 0 aromatic heterocycles. The Hall–Kier alpha value is -1.12. The van der Waals surface area contributed by atoms with E-state index in [1.165, 1.54) is 12.0 Å². The van der Waals surface area contributed by atoms with Gasteiger partial charge in [0.2, 0.25) is 0 Å². The van der Waals surface area contributed by atoms with Crippen LogP contribution in [0.15, 0.2) is 36.4 Å². The predicted octanol–water partition coefficient (Wildman–Crippen LogP) is 2.37. The molecule has 0 aliphatic carbocycles. The number of hydrogen-bond acceptors (Lipinski definition) is 2. The highest BCUT2D eigenvalue weighted by Crippen LogP contribution is 2.01. The quantitative estimate of drug-likeness (QED) is 0.761. The molecule has 88 valence electrons. The van der Waals surface area contributed by atoms with Crippen molar-refractivity contribution in [3.8, 4) is 0 Å². The van der Waals surface area contributed by atoms with E-state index in [0.29, 0.717) is 0 Å². The average Bonchev–Trinajstić information content (AvgIpc) is 2.31. The van der Waals surface area contributed by atoms with Crippen molar-refractivity contribution < 1.29 is 0 Å². The molecule has 2 N–H and O–H groups in total. The van der Waals surface area contributed by atoms with Crippen molar-refractivity contribution in [1.29, 1.82) is 0 Å². The third-order valence-electron chi connectivity index (χ3n) is 2.46. The minimum absolute atomic E-state index is 0.735. The van der Waals surface area contributed by atoms with Crippen LogP contribution in [0, 0.1) is 0 Å². The normalized spacial score (nSPS) is 11.4. The molecule has 0 atom stereocenters. The Morgan fingerprint density at radius 3 is 2.56 bits per heavy atom. The molecule has 0 spiro atoms. The summed E-state index contributed by atoms with van der Waals surface area (Å²) in [6, 6.07) is 10.4. The first-order valence-electron chi connectivity index (χ1n) is 6.00. The molecule has 0 radical (unpaired) electrons. The minimum Gasteiger partial charge on any atom is -0.329 e. The monoisotopic (exact) mass is 218 g/mol. The van der Waals surface area contributed by atoms with Crippen LogP contribution in [0.1, 0.15) is 18.9 Å². The number of benzene rings is 1. The average molecular weight is 218 g/mol. The maximum absolute atomic E-state index is 5.58. The van der Waals surface area contributed by atoms with E-state index >= 15 is 0 Å². The zero-order valence-corrected chi connectivity index (χ0v) is 10.1. The van der Waals surface area contributed by atoms with Crippen molar-refractivity contribution in [2.45, 2.75) is 13.3 Å². The third-order valence-corrected chi connectivity index (χ3v) is 2.46. The summed E-state index contributed by atoms with van der Waals surface area (Å²) >= 11 is 0. The van der Waals surface area contributed by atoms with Gasteiger partial charge in [-0.3, -0.25) is 4.90 Å². The minimum atomic E-state index is 0.735. The van der Waals surface area contributed by atoms with Crippen LogP contribution in [-0.2, 0) is 0 Å². The van der Waals surface area contributed by atoms with Crippen LogP contribution in [0.4, 0.5) is 0 Å². The Morgan fingerprint density at radius 1 is 1.19 bits per heavy atom. The summed E-state index contributed by atoms with van der Waals surface area (Å²) < 4.78 is 0.